The normalized spacial score (nSPS) is 16.7. The fourth-order valence-corrected chi connectivity index (χ4v) is 4.01. The molecule has 2 aromatic carbocycles. The number of piperidine rings is 1. The smallest absolute Gasteiger partial charge is 0.258 e. The minimum Gasteiger partial charge on any atom is -0.336 e. The Hall–Kier alpha value is -2.62. The summed E-state index contributed by atoms with van der Waals surface area (Å²) in [5.41, 5.74) is 3.28. The molecule has 1 saturated heterocycles. The molecule has 0 aromatic heterocycles. The number of anilines is 1. The first-order valence-corrected chi connectivity index (χ1v) is 10.3. The Morgan fingerprint density at radius 3 is 2.39 bits per heavy atom. The summed E-state index contributed by atoms with van der Waals surface area (Å²) in [6.07, 6.45) is 4.34. The summed E-state index contributed by atoms with van der Waals surface area (Å²) >= 11 is 0. The molecular weight excluding hydrogens is 348 g/mol. The highest BCUT2D eigenvalue weighted by Crippen LogP contribution is 2.23. The minimum atomic E-state index is -0.0449. The lowest BCUT2D eigenvalue weighted by molar-refractivity contribution is 0.0607. The molecule has 28 heavy (non-hydrogen) atoms. The third-order valence-electron chi connectivity index (χ3n) is 5.61. The number of carbonyl (C=O) groups is 2. The van der Waals surface area contributed by atoms with Crippen LogP contribution in [0.1, 0.15) is 65.8 Å². The molecule has 0 bridgehead atoms. The maximum Gasteiger partial charge on any atom is 0.258 e. The number of rotatable bonds is 5. The molecule has 1 aliphatic heterocycles. The molecule has 2 aromatic rings. The van der Waals surface area contributed by atoms with Gasteiger partial charge in [0, 0.05) is 35.9 Å². The van der Waals surface area contributed by atoms with E-state index in [-0.39, 0.29) is 11.8 Å². The van der Waals surface area contributed by atoms with Gasteiger partial charge in [0.05, 0.1) is 0 Å². The van der Waals surface area contributed by atoms with E-state index in [1.165, 1.54) is 6.42 Å². The van der Waals surface area contributed by atoms with E-state index in [0.717, 1.165) is 37.1 Å². The van der Waals surface area contributed by atoms with Crippen LogP contribution in [0.4, 0.5) is 5.69 Å². The molecule has 0 N–H and O–H groups in total. The van der Waals surface area contributed by atoms with Crippen LogP contribution in [0.5, 0.6) is 0 Å². The SMILES string of the molecule is CCC1CCCCN1C(=O)c1ccc(C(=O)N(CC)c2cccc(C)c2)cc1. The Morgan fingerprint density at radius 2 is 1.75 bits per heavy atom. The monoisotopic (exact) mass is 378 g/mol. The van der Waals surface area contributed by atoms with Gasteiger partial charge in [-0.05, 0) is 81.5 Å². The molecule has 4 nitrogen and oxygen atoms in total. The van der Waals surface area contributed by atoms with E-state index in [2.05, 4.69) is 6.92 Å². The van der Waals surface area contributed by atoms with Gasteiger partial charge in [0.1, 0.15) is 0 Å². The molecule has 1 atom stereocenters. The zero-order chi connectivity index (χ0) is 20.1. The molecule has 1 heterocycles. The summed E-state index contributed by atoms with van der Waals surface area (Å²) < 4.78 is 0. The standard InChI is InChI=1S/C24H30N2O2/c1-4-21-10-6-7-16-26(21)24(28)20-14-12-19(13-15-20)23(27)25(5-2)22-11-8-9-18(3)17-22/h8-9,11-15,17,21H,4-7,10,16H2,1-3H3. The number of hydrogen-bond acceptors (Lipinski definition) is 2. The molecular formula is C24H30N2O2. The molecule has 2 amide bonds. The molecule has 1 unspecified atom stereocenters. The summed E-state index contributed by atoms with van der Waals surface area (Å²) in [5.74, 6) is 0.0353. The first-order chi connectivity index (χ1) is 13.5. The maximum atomic E-state index is 13.0. The predicted octanol–water partition coefficient (Wildman–Crippen LogP) is 5.07. The molecule has 0 saturated carbocycles. The van der Waals surface area contributed by atoms with Crippen molar-refractivity contribution in [2.75, 3.05) is 18.0 Å². The highest BCUT2D eigenvalue weighted by atomic mass is 16.2. The molecule has 148 valence electrons. The fourth-order valence-electron chi connectivity index (χ4n) is 4.01. The number of amides is 2. The van der Waals surface area contributed by atoms with Gasteiger partial charge in [-0.2, -0.15) is 0 Å². The van der Waals surface area contributed by atoms with E-state index < -0.39 is 0 Å². The number of benzene rings is 2. The maximum absolute atomic E-state index is 13.0. The number of aryl methyl sites for hydroxylation is 1. The summed E-state index contributed by atoms with van der Waals surface area (Å²) in [6, 6.07) is 15.4. The van der Waals surface area contributed by atoms with Crippen molar-refractivity contribution < 1.29 is 9.59 Å². The van der Waals surface area contributed by atoms with Gasteiger partial charge >= 0.3 is 0 Å². The number of hydrogen-bond donors (Lipinski definition) is 0. The Kier molecular flexibility index (Phi) is 6.50. The topological polar surface area (TPSA) is 40.6 Å². The van der Waals surface area contributed by atoms with Gasteiger partial charge in [0.15, 0.2) is 0 Å². The second-order valence-corrected chi connectivity index (χ2v) is 7.52. The van der Waals surface area contributed by atoms with Crippen LogP contribution in [0.25, 0.3) is 0 Å². The predicted molar refractivity (Wildman–Crippen MR) is 114 cm³/mol. The first-order valence-electron chi connectivity index (χ1n) is 10.3. The summed E-state index contributed by atoms with van der Waals surface area (Å²) in [4.78, 5) is 29.7. The van der Waals surface area contributed by atoms with Crippen LogP contribution in [0.2, 0.25) is 0 Å². The van der Waals surface area contributed by atoms with Crippen molar-refractivity contribution in [3.05, 3.63) is 65.2 Å². The van der Waals surface area contributed by atoms with E-state index in [1.54, 1.807) is 29.2 Å². The van der Waals surface area contributed by atoms with Crippen molar-refractivity contribution in [3.63, 3.8) is 0 Å². The first kappa shape index (κ1) is 20.1. The van der Waals surface area contributed by atoms with E-state index >= 15 is 0 Å². The van der Waals surface area contributed by atoms with Crippen molar-refractivity contribution in [1.82, 2.24) is 4.90 Å². The highest BCUT2D eigenvalue weighted by Gasteiger charge is 2.26. The quantitative estimate of drug-likeness (QED) is 0.729. The fraction of sp³-hybridized carbons (Fsp3) is 0.417. The van der Waals surface area contributed by atoms with Gasteiger partial charge in [0.25, 0.3) is 11.8 Å². The largest absolute Gasteiger partial charge is 0.336 e. The van der Waals surface area contributed by atoms with Crippen LogP contribution in [-0.4, -0.2) is 35.8 Å². The van der Waals surface area contributed by atoms with Gasteiger partial charge in [-0.15, -0.1) is 0 Å². The van der Waals surface area contributed by atoms with Crippen LogP contribution >= 0.6 is 0 Å². The van der Waals surface area contributed by atoms with E-state index in [0.29, 0.717) is 23.7 Å². The van der Waals surface area contributed by atoms with Crippen LogP contribution in [-0.2, 0) is 0 Å². The van der Waals surface area contributed by atoms with Gasteiger partial charge in [-0.1, -0.05) is 19.1 Å². The third-order valence-corrected chi connectivity index (χ3v) is 5.61. The number of carbonyl (C=O) groups excluding carboxylic acids is 2. The van der Waals surface area contributed by atoms with Crippen molar-refractivity contribution in [2.45, 2.75) is 52.5 Å². The van der Waals surface area contributed by atoms with Crippen molar-refractivity contribution in [1.29, 1.82) is 0 Å². The van der Waals surface area contributed by atoms with E-state index in [1.807, 2.05) is 43.0 Å². The molecule has 1 aliphatic rings. The van der Waals surface area contributed by atoms with Crippen molar-refractivity contribution in [3.8, 4) is 0 Å². The molecule has 0 aliphatic carbocycles. The Bertz CT molecular complexity index is 829. The summed E-state index contributed by atoms with van der Waals surface area (Å²) in [6.45, 7) is 7.55. The molecule has 1 fully saturated rings. The van der Waals surface area contributed by atoms with Crippen LogP contribution in [0, 0.1) is 6.92 Å². The minimum absolute atomic E-state index is 0.0449. The lowest BCUT2D eigenvalue weighted by Gasteiger charge is -2.35. The van der Waals surface area contributed by atoms with Gasteiger partial charge < -0.3 is 9.80 Å². The second-order valence-electron chi connectivity index (χ2n) is 7.52. The molecule has 3 rings (SSSR count). The van der Waals surface area contributed by atoms with Crippen molar-refractivity contribution >= 4 is 17.5 Å². The Morgan fingerprint density at radius 1 is 1.04 bits per heavy atom. The summed E-state index contributed by atoms with van der Waals surface area (Å²) in [5, 5.41) is 0. The number of likely N-dealkylation sites (tertiary alicyclic amines) is 1. The lowest BCUT2D eigenvalue weighted by Crippen LogP contribution is -2.43. The summed E-state index contributed by atoms with van der Waals surface area (Å²) in [7, 11) is 0. The molecule has 0 radical (unpaired) electrons. The Balaban J connectivity index is 1.77. The van der Waals surface area contributed by atoms with E-state index in [9.17, 15) is 9.59 Å². The van der Waals surface area contributed by atoms with E-state index in [4.69, 9.17) is 0 Å². The molecule has 0 spiro atoms. The highest BCUT2D eigenvalue weighted by molar-refractivity contribution is 6.06. The average Bonchev–Trinajstić information content (AvgIpc) is 2.74. The zero-order valence-electron chi connectivity index (χ0n) is 17.1. The van der Waals surface area contributed by atoms with Crippen LogP contribution in [0.15, 0.2) is 48.5 Å². The number of nitrogens with zero attached hydrogens (tertiary/aromatic N) is 2. The molecule has 4 heteroatoms. The van der Waals surface area contributed by atoms with Gasteiger partial charge in [-0.25, -0.2) is 0 Å². The lowest BCUT2D eigenvalue weighted by atomic mass is 9.98. The third kappa shape index (κ3) is 4.27. The van der Waals surface area contributed by atoms with Crippen LogP contribution < -0.4 is 4.90 Å². The van der Waals surface area contributed by atoms with Gasteiger partial charge in [0.2, 0.25) is 0 Å². The zero-order valence-corrected chi connectivity index (χ0v) is 17.1. The van der Waals surface area contributed by atoms with Crippen LogP contribution in [0.3, 0.4) is 0 Å². The van der Waals surface area contributed by atoms with Crippen molar-refractivity contribution in [2.24, 2.45) is 0 Å². The second kappa shape index (κ2) is 9.05. The van der Waals surface area contributed by atoms with Gasteiger partial charge in [-0.3, -0.25) is 9.59 Å². The Labute approximate surface area is 168 Å². The average molecular weight is 379 g/mol.